The summed E-state index contributed by atoms with van der Waals surface area (Å²) in [7, 11) is 1.42. The molecule has 1 aliphatic rings. The zero-order chi connectivity index (χ0) is 13.7. The summed E-state index contributed by atoms with van der Waals surface area (Å²) < 4.78 is 9.95. The van der Waals surface area contributed by atoms with E-state index in [0.717, 1.165) is 37.4 Å². The van der Waals surface area contributed by atoms with E-state index in [9.17, 15) is 4.79 Å². The number of rotatable bonds is 6. The Balaban J connectivity index is 1.90. The molecule has 1 aromatic carbocycles. The number of carbonyl (C=O) groups excluding carboxylic acids is 1. The van der Waals surface area contributed by atoms with E-state index in [1.165, 1.54) is 7.11 Å². The smallest absolute Gasteiger partial charge is 0.309 e. The lowest BCUT2D eigenvalue weighted by atomic mass is 9.88. The summed E-state index contributed by atoms with van der Waals surface area (Å²) in [6.45, 7) is 5.56. The van der Waals surface area contributed by atoms with Gasteiger partial charge in [0.05, 0.1) is 26.7 Å². The lowest BCUT2D eigenvalue weighted by Crippen LogP contribution is -2.47. The van der Waals surface area contributed by atoms with Crippen LogP contribution in [0.3, 0.4) is 0 Å². The minimum Gasteiger partial charge on any atom is -0.469 e. The molecular formula is C15H21NO3. The Morgan fingerprint density at radius 2 is 2.05 bits per heavy atom. The van der Waals surface area contributed by atoms with Crippen LogP contribution >= 0.6 is 0 Å². The first kappa shape index (κ1) is 14.0. The van der Waals surface area contributed by atoms with Crippen LogP contribution in [-0.2, 0) is 27.2 Å². The van der Waals surface area contributed by atoms with Gasteiger partial charge in [-0.15, -0.1) is 0 Å². The normalized spacial score (nSPS) is 16.7. The monoisotopic (exact) mass is 263 g/mol. The summed E-state index contributed by atoms with van der Waals surface area (Å²) >= 11 is 0. The zero-order valence-electron chi connectivity index (χ0n) is 11.6. The van der Waals surface area contributed by atoms with Crippen molar-refractivity contribution in [2.24, 2.45) is 5.41 Å². The Morgan fingerprint density at radius 1 is 1.37 bits per heavy atom. The number of ether oxygens (including phenoxy) is 2. The lowest BCUT2D eigenvalue weighted by molar-refractivity contribution is -0.139. The van der Waals surface area contributed by atoms with Crippen LogP contribution < -0.4 is 5.32 Å². The number of methoxy groups -OCH3 is 1. The summed E-state index contributed by atoms with van der Waals surface area (Å²) in [5.41, 5.74) is 2.44. The molecule has 0 bridgehead atoms. The van der Waals surface area contributed by atoms with Gasteiger partial charge in [-0.2, -0.15) is 0 Å². The van der Waals surface area contributed by atoms with Crippen molar-refractivity contribution >= 4 is 5.97 Å². The van der Waals surface area contributed by atoms with Gasteiger partial charge in [0.2, 0.25) is 0 Å². The van der Waals surface area contributed by atoms with Crippen LogP contribution in [-0.4, -0.2) is 32.8 Å². The van der Waals surface area contributed by atoms with E-state index in [1.807, 2.05) is 24.3 Å². The third kappa shape index (κ3) is 3.78. The van der Waals surface area contributed by atoms with E-state index in [-0.39, 0.29) is 11.4 Å². The Bertz CT molecular complexity index is 441. The fraction of sp³-hybridized carbons (Fsp3) is 0.533. The minimum atomic E-state index is -0.202. The molecular weight excluding hydrogens is 242 g/mol. The first-order valence-electron chi connectivity index (χ1n) is 6.55. The van der Waals surface area contributed by atoms with Gasteiger partial charge in [0.15, 0.2) is 0 Å². The fourth-order valence-electron chi connectivity index (χ4n) is 2.18. The van der Waals surface area contributed by atoms with Crippen LogP contribution in [0.1, 0.15) is 18.1 Å². The maximum Gasteiger partial charge on any atom is 0.309 e. The SMILES string of the molecule is COC(=O)Cc1ccccc1CNCC1(C)COC1. The summed E-state index contributed by atoms with van der Waals surface area (Å²) in [6, 6.07) is 7.96. The van der Waals surface area contributed by atoms with Crippen LogP contribution in [0.25, 0.3) is 0 Å². The molecule has 1 aromatic rings. The van der Waals surface area contributed by atoms with Gasteiger partial charge in [0, 0.05) is 18.5 Å². The number of esters is 1. The van der Waals surface area contributed by atoms with E-state index in [0.29, 0.717) is 6.42 Å². The van der Waals surface area contributed by atoms with Crippen LogP contribution in [0, 0.1) is 5.41 Å². The molecule has 0 saturated carbocycles. The second-order valence-corrected chi connectivity index (χ2v) is 5.43. The van der Waals surface area contributed by atoms with Crippen molar-refractivity contribution < 1.29 is 14.3 Å². The Morgan fingerprint density at radius 3 is 2.63 bits per heavy atom. The summed E-state index contributed by atoms with van der Waals surface area (Å²) in [5.74, 6) is -0.202. The second kappa shape index (κ2) is 6.17. The molecule has 0 aliphatic carbocycles. The average Bonchev–Trinajstić information content (AvgIpc) is 2.38. The van der Waals surface area contributed by atoms with Gasteiger partial charge in [0.1, 0.15) is 0 Å². The number of hydrogen-bond donors (Lipinski definition) is 1. The fourth-order valence-corrected chi connectivity index (χ4v) is 2.18. The average molecular weight is 263 g/mol. The number of nitrogens with one attached hydrogen (secondary N) is 1. The molecule has 104 valence electrons. The van der Waals surface area contributed by atoms with Crippen molar-refractivity contribution in [2.45, 2.75) is 19.9 Å². The molecule has 0 spiro atoms. The van der Waals surface area contributed by atoms with E-state index < -0.39 is 0 Å². The zero-order valence-corrected chi connectivity index (χ0v) is 11.6. The predicted octanol–water partition coefficient (Wildman–Crippen LogP) is 1.53. The van der Waals surface area contributed by atoms with Gasteiger partial charge in [-0.05, 0) is 11.1 Å². The Labute approximate surface area is 114 Å². The largest absolute Gasteiger partial charge is 0.469 e. The summed E-state index contributed by atoms with van der Waals surface area (Å²) in [6.07, 6.45) is 0.328. The molecule has 1 saturated heterocycles. The third-order valence-corrected chi connectivity index (χ3v) is 3.45. The van der Waals surface area contributed by atoms with Crippen molar-refractivity contribution in [3.63, 3.8) is 0 Å². The van der Waals surface area contributed by atoms with E-state index in [2.05, 4.69) is 12.2 Å². The van der Waals surface area contributed by atoms with Gasteiger partial charge in [-0.3, -0.25) is 4.79 Å². The van der Waals surface area contributed by atoms with Gasteiger partial charge in [-0.1, -0.05) is 31.2 Å². The van der Waals surface area contributed by atoms with Crippen LogP contribution in [0.2, 0.25) is 0 Å². The van der Waals surface area contributed by atoms with Gasteiger partial charge in [0.25, 0.3) is 0 Å². The predicted molar refractivity (Wildman–Crippen MR) is 72.8 cm³/mol. The number of hydrogen-bond acceptors (Lipinski definition) is 4. The first-order valence-corrected chi connectivity index (χ1v) is 6.55. The molecule has 1 N–H and O–H groups in total. The quantitative estimate of drug-likeness (QED) is 0.791. The van der Waals surface area contributed by atoms with E-state index in [1.54, 1.807) is 0 Å². The molecule has 4 nitrogen and oxygen atoms in total. The molecule has 0 amide bonds. The molecule has 0 atom stereocenters. The van der Waals surface area contributed by atoms with Crippen molar-refractivity contribution in [3.8, 4) is 0 Å². The molecule has 2 rings (SSSR count). The molecule has 19 heavy (non-hydrogen) atoms. The van der Waals surface area contributed by atoms with Crippen molar-refractivity contribution in [1.82, 2.24) is 5.32 Å². The van der Waals surface area contributed by atoms with Crippen LogP contribution in [0.15, 0.2) is 24.3 Å². The van der Waals surface area contributed by atoms with Crippen molar-refractivity contribution in [1.29, 1.82) is 0 Å². The molecule has 4 heteroatoms. The highest BCUT2D eigenvalue weighted by molar-refractivity contribution is 5.72. The Hall–Kier alpha value is -1.39. The maximum atomic E-state index is 11.4. The first-order chi connectivity index (χ1) is 9.13. The number of benzene rings is 1. The molecule has 1 heterocycles. The van der Waals surface area contributed by atoms with Crippen molar-refractivity contribution in [2.75, 3.05) is 26.9 Å². The van der Waals surface area contributed by atoms with Crippen LogP contribution in [0.4, 0.5) is 0 Å². The maximum absolute atomic E-state index is 11.4. The summed E-state index contributed by atoms with van der Waals surface area (Å²) in [5, 5.41) is 3.44. The van der Waals surface area contributed by atoms with E-state index in [4.69, 9.17) is 9.47 Å². The van der Waals surface area contributed by atoms with Gasteiger partial charge < -0.3 is 14.8 Å². The molecule has 0 aromatic heterocycles. The van der Waals surface area contributed by atoms with Gasteiger partial charge in [-0.25, -0.2) is 0 Å². The summed E-state index contributed by atoms with van der Waals surface area (Å²) in [4.78, 5) is 11.4. The van der Waals surface area contributed by atoms with Gasteiger partial charge >= 0.3 is 5.97 Å². The molecule has 1 aliphatic heterocycles. The molecule has 0 radical (unpaired) electrons. The van der Waals surface area contributed by atoms with E-state index >= 15 is 0 Å². The number of carbonyl (C=O) groups is 1. The minimum absolute atomic E-state index is 0.202. The van der Waals surface area contributed by atoms with Crippen molar-refractivity contribution in [3.05, 3.63) is 35.4 Å². The third-order valence-electron chi connectivity index (χ3n) is 3.45. The highest BCUT2D eigenvalue weighted by Gasteiger charge is 2.32. The highest BCUT2D eigenvalue weighted by Crippen LogP contribution is 2.25. The Kier molecular flexibility index (Phi) is 4.56. The standard InChI is InChI=1S/C15H21NO3/c1-15(10-19-11-15)9-16-8-13-6-4-3-5-12(13)7-14(17)18-2/h3-6,16H,7-11H2,1-2H3. The molecule has 0 unspecified atom stereocenters. The topological polar surface area (TPSA) is 47.6 Å². The lowest BCUT2D eigenvalue weighted by Gasteiger charge is -2.38. The second-order valence-electron chi connectivity index (χ2n) is 5.43. The van der Waals surface area contributed by atoms with Crippen LogP contribution in [0.5, 0.6) is 0 Å². The molecule has 1 fully saturated rings. The highest BCUT2D eigenvalue weighted by atomic mass is 16.5.